The Bertz CT molecular complexity index is 1120. The van der Waals surface area contributed by atoms with Crippen LogP contribution in [0.15, 0.2) is 28.6 Å². The summed E-state index contributed by atoms with van der Waals surface area (Å²) in [7, 11) is 0. The van der Waals surface area contributed by atoms with Crippen molar-refractivity contribution >= 4 is 45.1 Å². The second-order valence-corrected chi connectivity index (χ2v) is 9.31. The van der Waals surface area contributed by atoms with Crippen molar-refractivity contribution in [3.05, 3.63) is 39.8 Å². The first-order chi connectivity index (χ1) is 15.3. The Morgan fingerprint density at radius 1 is 1.31 bits per heavy atom. The van der Waals surface area contributed by atoms with E-state index in [4.69, 9.17) is 25.4 Å². The first kappa shape index (κ1) is 23.9. The molecule has 0 aliphatic carbocycles. The van der Waals surface area contributed by atoms with Gasteiger partial charge in [-0.25, -0.2) is 9.97 Å². The molecule has 0 aliphatic heterocycles. The van der Waals surface area contributed by atoms with Gasteiger partial charge in [0.25, 0.3) is 0 Å². The quantitative estimate of drug-likeness (QED) is 0.363. The van der Waals surface area contributed by atoms with Gasteiger partial charge in [0.2, 0.25) is 5.91 Å². The van der Waals surface area contributed by atoms with Crippen molar-refractivity contribution in [2.24, 2.45) is 10.7 Å². The minimum atomic E-state index is -0.492. The summed E-state index contributed by atoms with van der Waals surface area (Å²) in [6, 6.07) is 5.36. The van der Waals surface area contributed by atoms with Crippen LogP contribution in [-0.2, 0) is 0 Å². The van der Waals surface area contributed by atoms with Crippen molar-refractivity contribution in [1.82, 2.24) is 9.97 Å². The molecule has 1 amide bonds. The Balaban J connectivity index is 1.85. The number of ether oxygens (including phenoxy) is 1. The molecule has 9 heteroatoms. The molecule has 32 heavy (non-hydrogen) atoms. The van der Waals surface area contributed by atoms with Gasteiger partial charge >= 0.3 is 0 Å². The highest BCUT2D eigenvalue weighted by Gasteiger charge is 2.16. The second kappa shape index (κ2) is 10.7. The number of aryl methyl sites for hydroxylation is 1. The summed E-state index contributed by atoms with van der Waals surface area (Å²) in [5, 5.41) is 6.88. The number of carbonyl (C=O) groups is 1. The maximum atomic E-state index is 11.6. The van der Waals surface area contributed by atoms with Crippen LogP contribution in [0.5, 0.6) is 5.75 Å². The van der Waals surface area contributed by atoms with Gasteiger partial charge in [0, 0.05) is 17.0 Å². The Hall–Kier alpha value is -2.78. The van der Waals surface area contributed by atoms with Crippen molar-refractivity contribution < 1.29 is 9.53 Å². The Kier molecular flexibility index (Phi) is 7.98. The zero-order valence-electron chi connectivity index (χ0n) is 19.1. The number of thiazole rings is 2. The monoisotopic (exact) mass is 471 g/mol. The van der Waals surface area contributed by atoms with Gasteiger partial charge in [0.05, 0.1) is 34.3 Å². The van der Waals surface area contributed by atoms with Gasteiger partial charge in [-0.2, -0.15) is 0 Å². The molecule has 0 saturated carbocycles. The average Bonchev–Trinajstić information content (AvgIpc) is 3.35. The molecule has 1 unspecified atom stereocenters. The molecule has 1 aromatic carbocycles. The molecule has 0 spiro atoms. The maximum Gasteiger partial charge on any atom is 0.248 e. The third-order valence-electron chi connectivity index (χ3n) is 4.77. The van der Waals surface area contributed by atoms with Crippen molar-refractivity contribution in [2.75, 3.05) is 11.9 Å². The highest BCUT2D eigenvalue weighted by atomic mass is 32.1. The van der Waals surface area contributed by atoms with E-state index in [1.54, 1.807) is 29.5 Å². The second-order valence-electron chi connectivity index (χ2n) is 7.46. The number of nitrogens with zero attached hydrogens (tertiary/aromatic N) is 3. The third kappa shape index (κ3) is 5.72. The van der Waals surface area contributed by atoms with Crippen LogP contribution in [0, 0.1) is 6.92 Å². The fourth-order valence-electron chi connectivity index (χ4n) is 3.27. The summed E-state index contributed by atoms with van der Waals surface area (Å²) >= 11 is 3.09. The topological polar surface area (TPSA) is 102 Å². The zero-order chi connectivity index (χ0) is 23.3. The number of primary amides is 1. The molecule has 1 atom stereocenters. The number of carbonyl (C=O) groups excluding carboxylic acids is 1. The number of aromatic nitrogens is 2. The molecule has 2 aromatic heterocycles. The lowest BCUT2D eigenvalue weighted by Crippen LogP contribution is -2.11. The summed E-state index contributed by atoms with van der Waals surface area (Å²) < 4.78 is 5.67. The van der Waals surface area contributed by atoms with E-state index in [1.165, 1.54) is 11.3 Å². The van der Waals surface area contributed by atoms with E-state index in [1.807, 2.05) is 26.2 Å². The lowest BCUT2D eigenvalue weighted by atomic mass is 10.2. The predicted molar refractivity (Wildman–Crippen MR) is 134 cm³/mol. The van der Waals surface area contributed by atoms with Crippen LogP contribution < -0.4 is 15.8 Å². The molecule has 0 aliphatic rings. The van der Waals surface area contributed by atoms with Gasteiger partial charge in [-0.15, -0.1) is 22.7 Å². The normalized spacial score (nSPS) is 12.6. The van der Waals surface area contributed by atoms with Gasteiger partial charge in [-0.1, -0.05) is 13.3 Å². The fraction of sp³-hybridized carbons (Fsp3) is 0.391. The van der Waals surface area contributed by atoms with Crippen molar-refractivity contribution in [1.29, 1.82) is 0 Å². The summed E-state index contributed by atoms with van der Waals surface area (Å²) in [6.45, 7) is 10.7. The molecular weight excluding hydrogens is 442 g/mol. The van der Waals surface area contributed by atoms with Gasteiger partial charge in [-0.3, -0.25) is 9.79 Å². The predicted octanol–water partition coefficient (Wildman–Crippen LogP) is 5.81. The standard InChI is InChI=1S/C23H29N5O2S2/c1-6-8-13(3)25-15(5)22-26-14(4)20(32-22)18-12-31-23(28-18)27-17-11-16(21(24)29)9-10-19(17)30-7-2/h9-13H,6-8H2,1-5H3,(H2,24,29)(H,27,28). The van der Waals surface area contributed by atoms with E-state index in [9.17, 15) is 4.79 Å². The van der Waals surface area contributed by atoms with E-state index < -0.39 is 5.91 Å². The number of benzene rings is 1. The summed E-state index contributed by atoms with van der Waals surface area (Å²) in [6.07, 6.45) is 2.18. The van der Waals surface area contributed by atoms with Gasteiger partial charge in [0.15, 0.2) is 5.13 Å². The van der Waals surface area contributed by atoms with Crippen LogP contribution in [-0.4, -0.2) is 34.2 Å². The first-order valence-corrected chi connectivity index (χ1v) is 12.3. The molecule has 0 saturated heterocycles. The van der Waals surface area contributed by atoms with Gasteiger partial charge < -0.3 is 15.8 Å². The Labute approximate surface area is 196 Å². The molecule has 0 fully saturated rings. The first-order valence-electron chi connectivity index (χ1n) is 10.6. The molecule has 7 nitrogen and oxygen atoms in total. The number of anilines is 2. The number of nitrogens with two attached hydrogens (primary N) is 1. The van der Waals surface area contributed by atoms with E-state index in [0.717, 1.165) is 39.8 Å². The number of hydrogen-bond donors (Lipinski definition) is 2. The SMILES string of the molecule is CCCC(C)N=C(C)c1nc(C)c(-c2csc(Nc3cc(C(N)=O)ccc3OCC)n2)s1. The molecule has 170 valence electrons. The number of rotatable bonds is 10. The van der Waals surface area contributed by atoms with Crippen LogP contribution in [0.3, 0.4) is 0 Å². The molecular formula is C23H29N5O2S2. The van der Waals surface area contributed by atoms with Crippen LogP contribution in [0.2, 0.25) is 0 Å². The lowest BCUT2D eigenvalue weighted by Gasteiger charge is -2.11. The molecule has 0 bridgehead atoms. The smallest absolute Gasteiger partial charge is 0.248 e. The number of amides is 1. The zero-order valence-corrected chi connectivity index (χ0v) is 20.7. The number of aliphatic imine (C=N–C) groups is 1. The summed E-state index contributed by atoms with van der Waals surface area (Å²) in [5.74, 6) is 0.146. The highest BCUT2D eigenvalue weighted by molar-refractivity contribution is 7.18. The molecule has 3 N–H and O–H groups in total. The van der Waals surface area contributed by atoms with E-state index in [0.29, 0.717) is 34.8 Å². The van der Waals surface area contributed by atoms with Crippen molar-refractivity contribution in [3.63, 3.8) is 0 Å². The number of nitrogens with one attached hydrogen (secondary N) is 1. The van der Waals surface area contributed by atoms with Crippen LogP contribution in [0.4, 0.5) is 10.8 Å². The van der Waals surface area contributed by atoms with Crippen LogP contribution in [0.25, 0.3) is 10.6 Å². The van der Waals surface area contributed by atoms with Crippen LogP contribution in [0.1, 0.15) is 61.6 Å². The minimum absolute atomic E-state index is 0.290. The van der Waals surface area contributed by atoms with Gasteiger partial charge in [-0.05, 0) is 52.3 Å². The lowest BCUT2D eigenvalue weighted by molar-refractivity contribution is 0.100. The van der Waals surface area contributed by atoms with Gasteiger partial charge in [0.1, 0.15) is 10.8 Å². The van der Waals surface area contributed by atoms with E-state index in [-0.39, 0.29) is 0 Å². The van der Waals surface area contributed by atoms with Crippen molar-refractivity contribution in [3.8, 4) is 16.3 Å². The molecule has 2 heterocycles. The Morgan fingerprint density at radius 3 is 2.78 bits per heavy atom. The van der Waals surface area contributed by atoms with E-state index >= 15 is 0 Å². The number of hydrogen-bond acceptors (Lipinski definition) is 8. The molecule has 3 rings (SSSR count). The average molecular weight is 472 g/mol. The molecule has 0 radical (unpaired) electrons. The largest absolute Gasteiger partial charge is 0.492 e. The van der Waals surface area contributed by atoms with E-state index in [2.05, 4.69) is 19.2 Å². The van der Waals surface area contributed by atoms with Crippen molar-refractivity contribution in [2.45, 2.75) is 53.5 Å². The highest BCUT2D eigenvalue weighted by Crippen LogP contribution is 2.35. The minimum Gasteiger partial charge on any atom is -0.492 e. The third-order valence-corrected chi connectivity index (χ3v) is 6.82. The fourth-order valence-corrected chi connectivity index (χ4v) is 5.04. The summed E-state index contributed by atoms with van der Waals surface area (Å²) in [4.78, 5) is 26.9. The Morgan fingerprint density at radius 2 is 2.09 bits per heavy atom. The summed E-state index contributed by atoms with van der Waals surface area (Å²) in [5.41, 5.74) is 9.25. The maximum absolute atomic E-state index is 11.6. The molecule has 3 aromatic rings. The van der Waals surface area contributed by atoms with Crippen LogP contribution >= 0.6 is 22.7 Å².